The van der Waals surface area contributed by atoms with Crippen LogP contribution in [0.15, 0.2) is 71.8 Å². The number of allylic oxidation sites excluding steroid dienone is 4. The smallest absolute Gasteiger partial charge is 0.237 e. The molecular weight excluding hydrogens is 368 g/mol. The van der Waals surface area contributed by atoms with Crippen LogP contribution in [0, 0.1) is 0 Å². The van der Waals surface area contributed by atoms with Gasteiger partial charge in [-0.2, -0.15) is 0 Å². The first kappa shape index (κ1) is 20.4. The molecule has 0 spiro atoms. The number of rotatable bonds is 6. The molecule has 0 aromatic rings. The highest BCUT2D eigenvalue weighted by molar-refractivity contribution is 8.16. The third kappa shape index (κ3) is 3.76. The van der Waals surface area contributed by atoms with Crippen LogP contribution < -0.4 is 0 Å². The number of aliphatic hydroxyl groups is 1. The molecule has 2 rings (SSSR count). The van der Waals surface area contributed by atoms with E-state index in [-0.39, 0.29) is 16.0 Å². The highest BCUT2D eigenvalue weighted by atomic mass is 32.2. The molecule has 0 saturated heterocycles. The zero-order valence-corrected chi connectivity index (χ0v) is 16.9. The molecule has 26 heavy (non-hydrogen) atoms. The lowest BCUT2D eigenvalue weighted by Crippen LogP contribution is -2.32. The Bertz CT molecular complexity index is 816. The number of thioether (sulfide) groups is 2. The molecule has 0 saturated carbocycles. The van der Waals surface area contributed by atoms with Crippen LogP contribution in [-0.2, 0) is 14.3 Å². The predicted octanol–water partition coefficient (Wildman–Crippen LogP) is 4.99. The van der Waals surface area contributed by atoms with Crippen molar-refractivity contribution in [1.82, 2.24) is 0 Å². The molecule has 0 bridgehead atoms. The van der Waals surface area contributed by atoms with Gasteiger partial charge >= 0.3 is 0 Å². The van der Waals surface area contributed by atoms with Gasteiger partial charge in [0, 0.05) is 11.6 Å². The third-order valence-corrected chi connectivity index (χ3v) is 6.34. The molecule has 138 valence electrons. The zero-order valence-electron chi connectivity index (χ0n) is 15.3. The number of hydrogen-bond acceptors (Lipinski definition) is 6. The van der Waals surface area contributed by atoms with E-state index in [0.717, 1.165) is 40.7 Å². The Kier molecular flexibility index (Phi) is 5.78. The molecule has 0 aromatic heterocycles. The van der Waals surface area contributed by atoms with E-state index in [2.05, 4.69) is 13.2 Å². The quantitative estimate of drug-likeness (QED) is 0.645. The minimum atomic E-state index is -1.41. The van der Waals surface area contributed by atoms with Gasteiger partial charge in [0.05, 0.1) is 4.75 Å². The molecule has 2 aliphatic rings. The average molecular weight is 391 g/mol. The van der Waals surface area contributed by atoms with Crippen LogP contribution in [0.25, 0.3) is 0 Å². The average Bonchev–Trinajstić information content (AvgIpc) is 2.94. The van der Waals surface area contributed by atoms with Crippen LogP contribution in [0.2, 0.25) is 0 Å². The van der Waals surface area contributed by atoms with Crippen molar-refractivity contribution in [3.05, 3.63) is 71.8 Å². The molecule has 0 aliphatic carbocycles. The number of carbonyl (C=O) groups excluding carboxylic acids is 2. The summed E-state index contributed by atoms with van der Waals surface area (Å²) in [5, 5.41) is 10.0. The van der Waals surface area contributed by atoms with Gasteiger partial charge in [-0.25, -0.2) is 0 Å². The van der Waals surface area contributed by atoms with E-state index in [1.54, 1.807) is 32.1 Å². The molecule has 6 heteroatoms. The number of carbonyl (C=O) groups is 2. The van der Waals surface area contributed by atoms with Gasteiger partial charge in [-0.05, 0) is 45.5 Å². The van der Waals surface area contributed by atoms with Gasteiger partial charge in [0.15, 0.2) is 5.76 Å². The molecular formula is C20H22O4S2. The maximum Gasteiger partial charge on any atom is 0.237 e. The first-order chi connectivity index (χ1) is 12.1. The summed E-state index contributed by atoms with van der Waals surface area (Å²) in [6, 6.07) is 0. The number of hydrogen-bond donors (Lipinski definition) is 1. The van der Waals surface area contributed by atoms with Gasteiger partial charge in [-0.3, -0.25) is 9.59 Å². The van der Waals surface area contributed by atoms with Crippen molar-refractivity contribution in [3.8, 4) is 0 Å². The standard InChI is InChI=1S/C20H22O4S2/c1-7-12(3)10-19(6)17(14(5)18(23)26-19)24-20(11-13(4)8-2)15(21)9-16(22)25-20/h7-11,21H,1-2H2,3-6H3/b12-10+,13-11+/t19-,20-/m1/s1. The van der Waals surface area contributed by atoms with Crippen LogP contribution in [0.1, 0.15) is 27.7 Å². The molecule has 0 unspecified atom stereocenters. The minimum Gasteiger partial charge on any atom is -0.507 e. The van der Waals surface area contributed by atoms with Crippen LogP contribution in [0.4, 0.5) is 0 Å². The molecule has 0 aromatic carbocycles. The lowest BCUT2D eigenvalue weighted by Gasteiger charge is -2.32. The fourth-order valence-corrected chi connectivity index (χ4v) is 4.87. The minimum absolute atomic E-state index is 0.104. The molecule has 2 aliphatic heterocycles. The van der Waals surface area contributed by atoms with Gasteiger partial charge in [0.1, 0.15) is 5.76 Å². The van der Waals surface area contributed by atoms with Crippen molar-refractivity contribution in [1.29, 1.82) is 0 Å². The number of ether oxygens (including phenoxy) is 1. The fourth-order valence-electron chi connectivity index (χ4n) is 2.71. The molecule has 0 amide bonds. The lowest BCUT2D eigenvalue weighted by molar-refractivity contribution is -0.108. The normalized spacial score (nSPS) is 29.9. The first-order valence-corrected chi connectivity index (χ1v) is 9.62. The highest BCUT2D eigenvalue weighted by Gasteiger charge is 2.50. The van der Waals surface area contributed by atoms with E-state index in [4.69, 9.17) is 4.74 Å². The van der Waals surface area contributed by atoms with Crippen LogP contribution in [0.3, 0.4) is 0 Å². The van der Waals surface area contributed by atoms with Crippen molar-refractivity contribution in [2.24, 2.45) is 0 Å². The summed E-state index contributed by atoms with van der Waals surface area (Å²) in [6.45, 7) is 14.7. The lowest BCUT2D eigenvalue weighted by atomic mass is 10.0. The van der Waals surface area contributed by atoms with E-state index in [1.165, 1.54) is 0 Å². The molecule has 1 N–H and O–H groups in total. The van der Waals surface area contributed by atoms with Crippen LogP contribution >= 0.6 is 23.5 Å². The summed E-state index contributed by atoms with van der Waals surface area (Å²) in [4.78, 5) is 22.9. The van der Waals surface area contributed by atoms with Crippen molar-refractivity contribution < 1.29 is 19.4 Å². The third-order valence-electron chi connectivity index (χ3n) is 4.08. The maximum atomic E-state index is 12.4. The van der Waals surface area contributed by atoms with Crippen LogP contribution in [-0.4, -0.2) is 25.0 Å². The van der Waals surface area contributed by atoms with Gasteiger partial charge in [-0.15, -0.1) is 0 Å². The summed E-state index contributed by atoms with van der Waals surface area (Å²) < 4.78 is 5.46. The Labute approximate surface area is 162 Å². The summed E-state index contributed by atoms with van der Waals surface area (Å²) in [5.41, 5.74) is 2.09. The number of aliphatic hydroxyl groups excluding tert-OH is 1. The Morgan fingerprint density at radius 1 is 1.15 bits per heavy atom. The molecule has 4 nitrogen and oxygen atoms in total. The van der Waals surface area contributed by atoms with Gasteiger partial charge in [0.2, 0.25) is 15.2 Å². The van der Waals surface area contributed by atoms with Gasteiger partial charge in [-0.1, -0.05) is 54.3 Å². The summed E-state index contributed by atoms with van der Waals surface area (Å²) in [5.74, 6) is 0.217. The van der Waals surface area contributed by atoms with E-state index < -0.39 is 9.68 Å². The Hall–Kier alpha value is -1.92. The molecule has 0 radical (unpaired) electrons. The van der Waals surface area contributed by atoms with E-state index in [9.17, 15) is 14.7 Å². The second-order valence-corrected chi connectivity index (χ2v) is 8.99. The molecule has 0 fully saturated rings. The second-order valence-electron chi connectivity index (χ2n) is 6.36. The van der Waals surface area contributed by atoms with E-state index >= 15 is 0 Å². The van der Waals surface area contributed by atoms with Crippen molar-refractivity contribution >= 4 is 33.8 Å². The monoisotopic (exact) mass is 390 g/mol. The molecule has 2 atom stereocenters. The zero-order chi connectivity index (χ0) is 19.7. The summed E-state index contributed by atoms with van der Waals surface area (Å²) in [7, 11) is 0. The van der Waals surface area contributed by atoms with Crippen LogP contribution in [0.5, 0.6) is 0 Å². The van der Waals surface area contributed by atoms with Crippen molar-refractivity contribution in [2.75, 3.05) is 0 Å². The fraction of sp³-hybridized carbons (Fsp3) is 0.300. The summed E-state index contributed by atoms with van der Waals surface area (Å²) >= 11 is 2.00. The Morgan fingerprint density at radius 3 is 2.23 bits per heavy atom. The predicted molar refractivity (Wildman–Crippen MR) is 109 cm³/mol. The first-order valence-electron chi connectivity index (χ1n) is 7.98. The van der Waals surface area contributed by atoms with Gasteiger partial charge in [0.25, 0.3) is 0 Å². The largest absolute Gasteiger partial charge is 0.507 e. The highest BCUT2D eigenvalue weighted by Crippen LogP contribution is 2.51. The topological polar surface area (TPSA) is 63.6 Å². The molecule has 2 heterocycles. The Balaban J connectivity index is 2.58. The van der Waals surface area contributed by atoms with Gasteiger partial charge < -0.3 is 9.84 Å². The van der Waals surface area contributed by atoms with E-state index in [1.807, 2.05) is 19.9 Å². The SMILES string of the molecule is C=C/C(C)=C/[C@@]1(C)SC(=O)C(C)=C1O[C@]1(/C=C(\C)C=C)SC(=O)C=C1O. The van der Waals surface area contributed by atoms with Crippen molar-refractivity contribution in [2.45, 2.75) is 37.4 Å². The summed E-state index contributed by atoms with van der Waals surface area (Å²) in [6.07, 6.45) is 7.98. The second kappa shape index (κ2) is 7.37. The Morgan fingerprint density at radius 2 is 1.73 bits per heavy atom. The van der Waals surface area contributed by atoms with E-state index in [0.29, 0.717) is 11.3 Å². The van der Waals surface area contributed by atoms with Crippen molar-refractivity contribution in [3.63, 3.8) is 0 Å². The maximum absolute atomic E-state index is 12.4.